The SMILES string of the molecule is COc1ccc(C(=O)O)c(Oc2ncccc2C)c1. The number of carbonyl (C=O) groups is 1. The Bertz CT molecular complexity index is 610. The Kier molecular flexibility index (Phi) is 3.66. The van der Waals surface area contributed by atoms with Gasteiger partial charge in [-0.15, -0.1) is 0 Å². The predicted octanol–water partition coefficient (Wildman–Crippen LogP) is 2.89. The average molecular weight is 259 g/mol. The topological polar surface area (TPSA) is 68.7 Å². The maximum Gasteiger partial charge on any atom is 0.339 e. The number of nitrogens with zero attached hydrogens (tertiary/aromatic N) is 1. The van der Waals surface area contributed by atoms with Gasteiger partial charge in [0.25, 0.3) is 0 Å². The molecule has 0 aliphatic heterocycles. The molecular weight excluding hydrogens is 246 g/mol. The largest absolute Gasteiger partial charge is 0.497 e. The maximum atomic E-state index is 11.2. The van der Waals surface area contributed by atoms with Crippen molar-refractivity contribution in [2.45, 2.75) is 6.92 Å². The van der Waals surface area contributed by atoms with E-state index < -0.39 is 5.97 Å². The van der Waals surface area contributed by atoms with E-state index in [1.54, 1.807) is 18.3 Å². The maximum absolute atomic E-state index is 11.2. The zero-order chi connectivity index (χ0) is 13.8. The van der Waals surface area contributed by atoms with E-state index in [2.05, 4.69) is 4.98 Å². The van der Waals surface area contributed by atoms with Gasteiger partial charge in [-0.25, -0.2) is 9.78 Å². The molecule has 0 bridgehead atoms. The van der Waals surface area contributed by atoms with Crippen LogP contribution in [0.3, 0.4) is 0 Å². The number of aromatic nitrogens is 1. The van der Waals surface area contributed by atoms with Gasteiger partial charge in [0.1, 0.15) is 17.1 Å². The minimum absolute atomic E-state index is 0.0610. The van der Waals surface area contributed by atoms with Gasteiger partial charge in [0.2, 0.25) is 5.88 Å². The monoisotopic (exact) mass is 259 g/mol. The normalized spacial score (nSPS) is 10.0. The molecule has 0 unspecified atom stereocenters. The van der Waals surface area contributed by atoms with E-state index in [4.69, 9.17) is 14.6 Å². The van der Waals surface area contributed by atoms with E-state index in [1.807, 2.05) is 13.0 Å². The molecule has 0 saturated heterocycles. The van der Waals surface area contributed by atoms with Crippen molar-refractivity contribution in [1.29, 1.82) is 0 Å². The second-order valence-electron chi connectivity index (χ2n) is 3.89. The third kappa shape index (κ3) is 2.82. The second-order valence-corrected chi connectivity index (χ2v) is 3.89. The third-order valence-corrected chi connectivity index (χ3v) is 2.59. The summed E-state index contributed by atoms with van der Waals surface area (Å²) >= 11 is 0. The molecule has 2 rings (SSSR count). The standard InChI is InChI=1S/C14H13NO4/c1-9-4-3-7-15-13(9)19-12-8-10(18-2)5-6-11(12)14(16)17/h3-8H,1-2H3,(H,16,17). The van der Waals surface area contributed by atoms with Crippen LogP contribution in [0.15, 0.2) is 36.5 Å². The number of aryl methyl sites for hydroxylation is 1. The number of ether oxygens (including phenoxy) is 2. The van der Waals surface area contributed by atoms with Gasteiger partial charge in [-0.3, -0.25) is 0 Å². The average Bonchev–Trinajstić information content (AvgIpc) is 2.41. The van der Waals surface area contributed by atoms with Crippen LogP contribution in [0.5, 0.6) is 17.4 Å². The smallest absolute Gasteiger partial charge is 0.339 e. The molecule has 0 radical (unpaired) electrons. The van der Waals surface area contributed by atoms with Crippen LogP contribution >= 0.6 is 0 Å². The Labute approximate surface area is 110 Å². The lowest BCUT2D eigenvalue weighted by Gasteiger charge is -2.11. The van der Waals surface area contributed by atoms with Crippen LogP contribution in [0, 0.1) is 6.92 Å². The molecule has 1 N–H and O–H groups in total. The van der Waals surface area contributed by atoms with Crippen molar-refractivity contribution in [2.75, 3.05) is 7.11 Å². The molecule has 98 valence electrons. The lowest BCUT2D eigenvalue weighted by atomic mass is 10.2. The van der Waals surface area contributed by atoms with Crippen LogP contribution in [0.2, 0.25) is 0 Å². The minimum atomic E-state index is -1.06. The van der Waals surface area contributed by atoms with Crippen molar-refractivity contribution in [3.8, 4) is 17.4 Å². The van der Waals surface area contributed by atoms with Gasteiger partial charge in [-0.2, -0.15) is 0 Å². The van der Waals surface area contributed by atoms with Gasteiger partial charge in [0, 0.05) is 17.8 Å². The fourth-order valence-electron chi connectivity index (χ4n) is 1.57. The van der Waals surface area contributed by atoms with Gasteiger partial charge in [-0.05, 0) is 25.1 Å². The van der Waals surface area contributed by atoms with Crippen molar-refractivity contribution < 1.29 is 19.4 Å². The Morgan fingerprint density at radius 3 is 2.74 bits per heavy atom. The summed E-state index contributed by atoms with van der Waals surface area (Å²) in [5.41, 5.74) is 0.882. The van der Waals surface area contributed by atoms with Crippen molar-refractivity contribution >= 4 is 5.97 Å². The molecule has 0 aliphatic carbocycles. The third-order valence-electron chi connectivity index (χ3n) is 2.59. The molecule has 0 amide bonds. The summed E-state index contributed by atoms with van der Waals surface area (Å²) < 4.78 is 10.6. The van der Waals surface area contributed by atoms with E-state index >= 15 is 0 Å². The summed E-state index contributed by atoms with van der Waals surface area (Å²) in [6.45, 7) is 1.84. The molecule has 0 aliphatic rings. The Morgan fingerprint density at radius 1 is 1.32 bits per heavy atom. The van der Waals surface area contributed by atoms with Crippen LogP contribution in [-0.4, -0.2) is 23.2 Å². The summed E-state index contributed by atoms with van der Waals surface area (Å²) in [6, 6.07) is 8.16. The number of carboxylic acids is 1. The summed E-state index contributed by atoms with van der Waals surface area (Å²) in [4.78, 5) is 15.2. The summed E-state index contributed by atoms with van der Waals surface area (Å²) in [7, 11) is 1.51. The number of methoxy groups -OCH3 is 1. The zero-order valence-electron chi connectivity index (χ0n) is 10.6. The highest BCUT2D eigenvalue weighted by molar-refractivity contribution is 5.91. The number of benzene rings is 1. The highest BCUT2D eigenvalue weighted by atomic mass is 16.5. The molecule has 1 heterocycles. The highest BCUT2D eigenvalue weighted by Gasteiger charge is 2.14. The van der Waals surface area contributed by atoms with Gasteiger partial charge >= 0.3 is 5.97 Å². The van der Waals surface area contributed by atoms with Gasteiger partial charge < -0.3 is 14.6 Å². The number of hydrogen-bond acceptors (Lipinski definition) is 4. The lowest BCUT2D eigenvalue weighted by Crippen LogP contribution is -2.01. The summed E-state index contributed by atoms with van der Waals surface area (Å²) in [6.07, 6.45) is 1.59. The molecule has 0 fully saturated rings. The van der Waals surface area contributed by atoms with Crippen LogP contribution in [-0.2, 0) is 0 Å². The molecule has 5 heteroatoms. The van der Waals surface area contributed by atoms with Crippen LogP contribution < -0.4 is 9.47 Å². The predicted molar refractivity (Wildman–Crippen MR) is 69.0 cm³/mol. The summed E-state index contributed by atoms with van der Waals surface area (Å²) in [5.74, 6) is 0.0340. The molecule has 1 aromatic heterocycles. The number of aromatic carboxylic acids is 1. The van der Waals surface area contributed by atoms with Gasteiger partial charge in [-0.1, -0.05) is 6.07 Å². The van der Waals surface area contributed by atoms with Gasteiger partial charge in [0.15, 0.2) is 0 Å². The van der Waals surface area contributed by atoms with Crippen molar-refractivity contribution in [1.82, 2.24) is 4.98 Å². The fourth-order valence-corrected chi connectivity index (χ4v) is 1.57. The highest BCUT2D eigenvalue weighted by Crippen LogP contribution is 2.29. The van der Waals surface area contributed by atoms with Gasteiger partial charge in [0.05, 0.1) is 7.11 Å². The molecule has 5 nitrogen and oxygen atoms in total. The molecule has 1 aromatic carbocycles. The molecule has 0 atom stereocenters. The van der Waals surface area contributed by atoms with E-state index in [0.29, 0.717) is 11.6 Å². The molecular formula is C14H13NO4. The number of rotatable bonds is 4. The fraction of sp³-hybridized carbons (Fsp3) is 0.143. The van der Waals surface area contributed by atoms with Crippen LogP contribution in [0.1, 0.15) is 15.9 Å². The number of hydrogen-bond donors (Lipinski definition) is 1. The summed E-state index contributed by atoms with van der Waals surface area (Å²) in [5, 5.41) is 9.14. The second kappa shape index (κ2) is 5.39. The molecule has 19 heavy (non-hydrogen) atoms. The zero-order valence-corrected chi connectivity index (χ0v) is 10.6. The van der Waals surface area contributed by atoms with E-state index in [-0.39, 0.29) is 11.3 Å². The Hall–Kier alpha value is -2.56. The van der Waals surface area contributed by atoms with Crippen molar-refractivity contribution in [2.24, 2.45) is 0 Å². The lowest BCUT2D eigenvalue weighted by molar-refractivity contribution is 0.0694. The van der Waals surface area contributed by atoms with E-state index in [1.165, 1.54) is 19.2 Å². The molecule has 0 saturated carbocycles. The van der Waals surface area contributed by atoms with Crippen LogP contribution in [0.4, 0.5) is 0 Å². The van der Waals surface area contributed by atoms with Crippen LogP contribution in [0.25, 0.3) is 0 Å². The number of pyridine rings is 1. The Balaban J connectivity index is 2.43. The Morgan fingerprint density at radius 2 is 2.11 bits per heavy atom. The minimum Gasteiger partial charge on any atom is -0.497 e. The quantitative estimate of drug-likeness (QED) is 0.914. The molecule has 2 aromatic rings. The molecule has 0 spiro atoms. The first kappa shape index (κ1) is 12.9. The first-order valence-corrected chi connectivity index (χ1v) is 5.62. The number of carboxylic acid groups (broad SMARTS) is 1. The van der Waals surface area contributed by atoms with Crippen molar-refractivity contribution in [3.05, 3.63) is 47.7 Å². The van der Waals surface area contributed by atoms with Crippen molar-refractivity contribution in [3.63, 3.8) is 0 Å². The first-order chi connectivity index (χ1) is 9.11. The van der Waals surface area contributed by atoms with E-state index in [9.17, 15) is 4.79 Å². The first-order valence-electron chi connectivity index (χ1n) is 5.62. The van der Waals surface area contributed by atoms with E-state index in [0.717, 1.165) is 5.56 Å².